The van der Waals surface area contributed by atoms with E-state index in [2.05, 4.69) is 33.9 Å². The molecule has 0 aliphatic carbocycles. The van der Waals surface area contributed by atoms with Gasteiger partial charge in [-0.25, -0.2) is 0 Å². The molecule has 0 aliphatic heterocycles. The van der Waals surface area contributed by atoms with E-state index in [1.807, 2.05) is 0 Å². The molecule has 1 aromatic heterocycles. The van der Waals surface area contributed by atoms with Gasteiger partial charge in [0.1, 0.15) is 0 Å². The van der Waals surface area contributed by atoms with Gasteiger partial charge < -0.3 is 8.99 Å². The number of hydrogen-bond donors (Lipinski definition) is 0. The van der Waals surface area contributed by atoms with Crippen molar-refractivity contribution >= 4 is 19.9 Å². The predicted octanol–water partition coefficient (Wildman–Crippen LogP) is 5.27. The molecular weight excluding hydrogens is 319 g/mol. The molecule has 0 spiro atoms. The zero-order valence-corrected chi connectivity index (χ0v) is 14.9. The Bertz CT molecular complexity index is 478. The molecule has 7 heteroatoms. The Morgan fingerprint density at radius 3 is 2.14 bits per heavy atom. The number of halogens is 4. The second-order valence-corrected chi connectivity index (χ2v) is 11.8. The molecule has 0 N–H and O–H groups in total. The van der Waals surface area contributed by atoms with Gasteiger partial charge in [-0.05, 0) is 23.7 Å². The molecular formula is C14H23ClF3NOSi. The van der Waals surface area contributed by atoms with E-state index >= 15 is 0 Å². The zero-order chi connectivity index (χ0) is 16.5. The normalized spacial score (nSPS) is 13.8. The molecule has 0 unspecified atom stereocenters. The summed E-state index contributed by atoms with van der Waals surface area (Å²) in [7, 11) is -1.87. The maximum absolute atomic E-state index is 12.8. The summed E-state index contributed by atoms with van der Waals surface area (Å²) in [6, 6.07) is 0. The SMILES string of the molecule is CC(C)(C)[Si](C)(C)OCCn1cc(CCl)c(C(F)(F)F)c1. The second kappa shape index (κ2) is 6.34. The Kier molecular flexibility index (Phi) is 5.61. The van der Waals surface area contributed by atoms with Crippen LogP contribution in [0.2, 0.25) is 18.1 Å². The summed E-state index contributed by atoms with van der Waals surface area (Å²) >= 11 is 5.58. The van der Waals surface area contributed by atoms with E-state index in [1.54, 1.807) is 0 Å². The van der Waals surface area contributed by atoms with E-state index < -0.39 is 20.1 Å². The van der Waals surface area contributed by atoms with Gasteiger partial charge in [-0.3, -0.25) is 0 Å². The van der Waals surface area contributed by atoms with Crippen LogP contribution in [0.3, 0.4) is 0 Å². The van der Waals surface area contributed by atoms with Gasteiger partial charge in [0.2, 0.25) is 0 Å². The molecule has 2 nitrogen and oxygen atoms in total. The van der Waals surface area contributed by atoms with E-state index in [4.69, 9.17) is 16.0 Å². The summed E-state index contributed by atoms with van der Waals surface area (Å²) in [5, 5.41) is 0.0854. The van der Waals surface area contributed by atoms with Crippen molar-refractivity contribution in [3.8, 4) is 0 Å². The lowest BCUT2D eigenvalue weighted by Crippen LogP contribution is -2.41. The molecule has 1 heterocycles. The van der Waals surface area contributed by atoms with Gasteiger partial charge in [-0.2, -0.15) is 13.2 Å². The lowest BCUT2D eigenvalue weighted by Gasteiger charge is -2.36. The standard InChI is InChI=1S/C14H23ClF3NOSi/c1-13(2,3)21(4,5)20-7-6-19-9-11(8-15)12(10-19)14(16,17)18/h9-10H,6-8H2,1-5H3. The highest BCUT2D eigenvalue weighted by Gasteiger charge is 2.37. The van der Waals surface area contributed by atoms with Gasteiger partial charge in [0.15, 0.2) is 8.32 Å². The lowest BCUT2D eigenvalue weighted by molar-refractivity contribution is -0.138. The number of rotatable bonds is 5. The minimum atomic E-state index is -4.37. The van der Waals surface area contributed by atoms with Crippen molar-refractivity contribution < 1.29 is 17.6 Å². The van der Waals surface area contributed by atoms with Crippen LogP contribution in [0.5, 0.6) is 0 Å². The monoisotopic (exact) mass is 341 g/mol. The fraction of sp³-hybridized carbons (Fsp3) is 0.714. The van der Waals surface area contributed by atoms with Crippen LogP contribution < -0.4 is 0 Å². The Labute approximate surface area is 130 Å². The van der Waals surface area contributed by atoms with Crippen LogP contribution in [0, 0.1) is 0 Å². The number of aromatic nitrogens is 1. The van der Waals surface area contributed by atoms with E-state index in [9.17, 15) is 13.2 Å². The van der Waals surface area contributed by atoms with Gasteiger partial charge in [0, 0.05) is 24.8 Å². The topological polar surface area (TPSA) is 14.2 Å². The highest BCUT2D eigenvalue weighted by Crippen LogP contribution is 2.36. The first-order valence-corrected chi connectivity index (χ1v) is 10.3. The van der Waals surface area contributed by atoms with Gasteiger partial charge in [-0.15, -0.1) is 11.6 Å². The predicted molar refractivity (Wildman–Crippen MR) is 82.1 cm³/mol. The Balaban J connectivity index is 2.72. The maximum Gasteiger partial charge on any atom is 0.418 e. The summed E-state index contributed by atoms with van der Waals surface area (Å²) in [6.07, 6.45) is -1.81. The number of hydrogen-bond acceptors (Lipinski definition) is 1. The van der Waals surface area contributed by atoms with Crippen molar-refractivity contribution in [3.63, 3.8) is 0 Å². The Morgan fingerprint density at radius 1 is 1.19 bits per heavy atom. The number of nitrogens with zero attached hydrogens (tertiary/aromatic N) is 1. The molecule has 0 amide bonds. The summed E-state index contributed by atoms with van der Waals surface area (Å²) in [5.74, 6) is -0.148. The van der Waals surface area contributed by atoms with Crippen LogP contribution >= 0.6 is 11.6 Å². The van der Waals surface area contributed by atoms with Crippen LogP contribution in [0.25, 0.3) is 0 Å². The minimum Gasteiger partial charge on any atom is -0.415 e. The van der Waals surface area contributed by atoms with Crippen LogP contribution in [-0.2, 0) is 23.0 Å². The highest BCUT2D eigenvalue weighted by atomic mass is 35.5. The van der Waals surface area contributed by atoms with Crippen LogP contribution in [0.4, 0.5) is 13.2 Å². The first-order valence-electron chi connectivity index (χ1n) is 6.84. The van der Waals surface area contributed by atoms with Crippen molar-refractivity contribution in [1.29, 1.82) is 0 Å². The molecule has 0 atom stereocenters. The summed E-state index contributed by atoms with van der Waals surface area (Å²) in [4.78, 5) is 0. The average molecular weight is 342 g/mol. The smallest absolute Gasteiger partial charge is 0.415 e. The molecule has 122 valence electrons. The molecule has 0 saturated carbocycles. The summed E-state index contributed by atoms with van der Waals surface area (Å²) in [6.45, 7) is 11.4. The van der Waals surface area contributed by atoms with Gasteiger partial charge in [0.25, 0.3) is 0 Å². The second-order valence-electron chi connectivity index (χ2n) is 6.68. The van der Waals surface area contributed by atoms with Crippen LogP contribution in [-0.4, -0.2) is 19.5 Å². The lowest BCUT2D eigenvalue weighted by atomic mass is 10.2. The summed E-state index contributed by atoms with van der Waals surface area (Å²) < 4.78 is 45.9. The first-order chi connectivity index (χ1) is 9.38. The molecule has 1 rings (SSSR count). The third-order valence-corrected chi connectivity index (χ3v) is 8.86. The minimum absolute atomic E-state index is 0.0854. The summed E-state index contributed by atoms with van der Waals surface area (Å²) in [5.41, 5.74) is -0.554. The van der Waals surface area contributed by atoms with Gasteiger partial charge in [-0.1, -0.05) is 20.8 Å². The van der Waals surface area contributed by atoms with Crippen molar-refractivity contribution in [1.82, 2.24) is 4.57 Å². The molecule has 0 bridgehead atoms. The average Bonchev–Trinajstić information content (AvgIpc) is 2.70. The van der Waals surface area contributed by atoms with Crippen molar-refractivity contribution in [2.75, 3.05) is 6.61 Å². The first kappa shape index (κ1) is 18.6. The van der Waals surface area contributed by atoms with Crippen LogP contribution in [0.15, 0.2) is 12.4 Å². The van der Waals surface area contributed by atoms with E-state index in [0.29, 0.717) is 13.2 Å². The van der Waals surface area contributed by atoms with Crippen LogP contribution in [0.1, 0.15) is 31.9 Å². The molecule has 1 aromatic rings. The Morgan fingerprint density at radius 2 is 1.76 bits per heavy atom. The largest absolute Gasteiger partial charge is 0.418 e. The quantitative estimate of drug-likeness (QED) is 0.526. The third kappa shape index (κ3) is 4.76. The highest BCUT2D eigenvalue weighted by molar-refractivity contribution is 6.74. The Hall–Kier alpha value is -0.463. The molecule has 0 aliphatic rings. The van der Waals surface area contributed by atoms with Crippen molar-refractivity contribution in [3.05, 3.63) is 23.5 Å². The number of alkyl halides is 4. The van der Waals surface area contributed by atoms with Gasteiger partial charge in [0.05, 0.1) is 12.2 Å². The molecule has 0 fully saturated rings. The fourth-order valence-corrected chi connectivity index (χ4v) is 2.92. The third-order valence-electron chi connectivity index (χ3n) is 4.03. The van der Waals surface area contributed by atoms with Gasteiger partial charge >= 0.3 is 6.18 Å². The van der Waals surface area contributed by atoms with E-state index in [1.165, 1.54) is 10.8 Å². The molecule has 21 heavy (non-hydrogen) atoms. The van der Waals surface area contributed by atoms with Crippen molar-refractivity contribution in [2.24, 2.45) is 0 Å². The molecule has 0 saturated heterocycles. The fourth-order valence-electron chi connectivity index (χ4n) is 1.67. The zero-order valence-electron chi connectivity index (χ0n) is 13.1. The van der Waals surface area contributed by atoms with Crippen molar-refractivity contribution in [2.45, 2.75) is 57.5 Å². The molecule has 0 radical (unpaired) electrons. The van der Waals surface area contributed by atoms with E-state index in [-0.39, 0.29) is 16.5 Å². The maximum atomic E-state index is 12.8. The van der Waals surface area contributed by atoms with E-state index in [0.717, 1.165) is 6.20 Å². The molecule has 0 aromatic carbocycles.